The van der Waals surface area contributed by atoms with Crippen LogP contribution in [0.5, 0.6) is 0 Å². The van der Waals surface area contributed by atoms with E-state index in [1.807, 2.05) is 12.3 Å². The van der Waals surface area contributed by atoms with E-state index in [0.29, 0.717) is 12.1 Å². The molecule has 2 aliphatic heterocycles. The maximum absolute atomic E-state index is 6.26. The molecule has 1 aromatic rings. The van der Waals surface area contributed by atoms with Crippen molar-refractivity contribution in [3.05, 3.63) is 21.8 Å². The molecular formula is C12H15BrClN3. The van der Waals surface area contributed by atoms with Gasteiger partial charge >= 0.3 is 0 Å². The van der Waals surface area contributed by atoms with Crippen LogP contribution in [0.15, 0.2) is 16.7 Å². The molecule has 2 atom stereocenters. The van der Waals surface area contributed by atoms with Crippen molar-refractivity contribution in [2.24, 2.45) is 0 Å². The molecular weight excluding hydrogens is 302 g/mol. The Balaban J connectivity index is 1.83. The second kappa shape index (κ2) is 4.75. The Morgan fingerprint density at radius 1 is 1.35 bits per heavy atom. The van der Waals surface area contributed by atoms with Gasteiger partial charge in [-0.15, -0.1) is 0 Å². The van der Waals surface area contributed by atoms with Crippen molar-refractivity contribution in [1.82, 2.24) is 10.3 Å². The number of rotatable bonds is 1. The largest absolute Gasteiger partial charge is 0.354 e. The fraction of sp³-hybridized carbons (Fsp3) is 0.583. The highest BCUT2D eigenvalue weighted by Gasteiger charge is 2.30. The summed E-state index contributed by atoms with van der Waals surface area (Å²) in [6.07, 6.45) is 5.59. The van der Waals surface area contributed by atoms with Crippen LogP contribution in [0.3, 0.4) is 0 Å². The zero-order valence-electron chi connectivity index (χ0n) is 9.50. The van der Waals surface area contributed by atoms with Gasteiger partial charge in [0.25, 0.3) is 0 Å². The normalized spacial score (nSPS) is 28.2. The first-order valence-electron chi connectivity index (χ1n) is 6.04. The Bertz CT molecular complexity index is 426. The summed E-state index contributed by atoms with van der Waals surface area (Å²) in [4.78, 5) is 6.76. The summed E-state index contributed by atoms with van der Waals surface area (Å²) in [6, 6.07) is 3.21. The first-order chi connectivity index (χ1) is 8.22. The first-order valence-corrected chi connectivity index (χ1v) is 7.21. The molecule has 17 heavy (non-hydrogen) atoms. The molecule has 3 rings (SSSR count). The van der Waals surface area contributed by atoms with Crippen molar-refractivity contribution < 1.29 is 0 Å². The third-order valence-corrected chi connectivity index (χ3v) is 4.32. The number of aromatic nitrogens is 1. The number of hydrogen-bond acceptors (Lipinski definition) is 3. The van der Waals surface area contributed by atoms with Gasteiger partial charge in [-0.1, -0.05) is 11.6 Å². The van der Waals surface area contributed by atoms with Gasteiger partial charge in [0.1, 0.15) is 5.82 Å². The molecule has 0 spiro atoms. The van der Waals surface area contributed by atoms with E-state index in [4.69, 9.17) is 11.6 Å². The second-order valence-corrected chi connectivity index (χ2v) is 6.15. The summed E-state index contributed by atoms with van der Waals surface area (Å²) in [7, 11) is 0. The third kappa shape index (κ3) is 2.44. The number of anilines is 1. The zero-order chi connectivity index (χ0) is 11.8. The lowest BCUT2D eigenvalue weighted by Crippen LogP contribution is -2.35. The summed E-state index contributed by atoms with van der Waals surface area (Å²) in [6.45, 7) is 2.06. The first kappa shape index (κ1) is 11.8. The van der Waals surface area contributed by atoms with Crippen molar-refractivity contribution in [1.29, 1.82) is 0 Å². The van der Waals surface area contributed by atoms with Crippen LogP contribution in [-0.4, -0.2) is 30.2 Å². The van der Waals surface area contributed by atoms with Gasteiger partial charge in [0.15, 0.2) is 0 Å². The Morgan fingerprint density at radius 3 is 3.00 bits per heavy atom. The Labute approximate surface area is 115 Å². The summed E-state index contributed by atoms with van der Waals surface area (Å²) < 4.78 is 0.931. The fourth-order valence-electron chi connectivity index (χ4n) is 2.78. The number of fused-ring (bicyclic) bond motifs is 2. The molecule has 0 amide bonds. The molecule has 1 N–H and O–H groups in total. The molecule has 1 aromatic heterocycles. The highest BCUT2D eigenvalue weighted by atomic mass is 79.9. The van der Waals surface area contributed by atoms with E-state index < -0.39 is 0 Å². The summed E-state index contributed by atoms with van der Waals surface area (Å²) in [5, 5.41) is 4.40. The van der Waals surface area contributed by atoms with E-state index in [2.05, 4.69) is 31.1 Å². The molecule has 5 heteroatoms. The van der Waals surface area contributed by atoms with E-state index in [9.17, 15) is 0 Å². The van der Waals surface area contributed by atoms with E-state index in [-0.39, 0.29) is 0 Å². The lowest BCUT2D eigenvalue weighted by Gasteiger charge is -2.26. The van der Waals surface area contributed by atoms with Gasteiger partial charge in [0.05, 0.1) is 5.02 Å². The topological polar surface area (TPSA) is 28.2 Å². The summed E-state index contributed by atoms with van der Waals surface area (Å²) in [5.74, 6) is 0.921. The Kier molecular flexibility index (Phi) is 3.28. The predicted molar refractivity (Wildman–Crippen MR) is 73.7 cm³/mol. The van der Waals surface area contributed by atoms with E-state index in [1.54, 1.807) is 0 Å². The number of nitrogens with one attached hydrogen (secondary N) is 1. The molecule has 2 fully saturated rings. The summed E-state index contributed by atoms with van der Waals surface area (Å²) >= 11 is 9.65. The minimum Gasteiger partial charge on any atom is -0.354 e. The van der Waals surface area contributed by atoms with E-state index in [0.717, 1.165) is 28.4 Å². The molecule has 0 saturated carbocycles. The molecule has 2 aliphatic rings. The van der Waals surface area contributed by atoms with Crippen molar-refractivity contribution in [3.8, 4) is 0 Å². The van der Waals surface area contributed by atoms with Crippen molar-refractivity contribution >= 4 is 33.3 Å². The quantitative estimate of drug-likeness (QED) is 0.863. The van der Waals surface area contributed by atoms with Gasteiger partial charge in [-0.3, -0.25) is 0 Å². The number of pyridine rings is 1. The number of hydrogen-bond donors (Lipinski definition) is 1. The van der Waals surface area contributed by atoms with Crippen LogP contribution in [-0.2, 0) is 0 Å². The minimum absolute atomic E-state index is 0.601. The fourth-order valence-corrected chi connectivity index (χ4v) is 3.52. The van der Waals surface area contributed by atoms with Crippen LogP contribution in [0.25, 0.3) is 0 Å². The van der Waals surface area contributed by atoms with Gasteiger partial charge in [-0.2, -0.15) is 0 Å². The molecule has 2 saturated heterocycles. The summed E-state index contributed by atoms with van der Waals surface area (Å²) in [5.41, 5.74) is 0. The Hall–Kier alpha value is -0.320. The van der Waals surface area contributed by atoms with E-state index in [1.165, 1.54) is 19.3 Å². The molecule has 0 aromatic carbocycles. The monoisotopic (exact) mass is 315 g/mol. The third-order valence-electron chi connectivity index (χ3n) is 3.61. The molecule has 0 radical (unpaired) electrons. The van der Waals surface area contributed by atoms with Crippen LogP contribution in [0.1, 0.15) is 19.3 Å². The molecule has 2 bridgehead atoms. The lowest BCUT2D eigenvalue weighted by atomic mass is 10.1. The second-order valence-electron chi connectivity index (χ2n) is 4.83. The predicted octanol–water partition coefficient (Wildman–Crippen LogP) is 2.83. The maximum atomic E-state index is 6.26. The number of halogens is 2. The molecule has 3 nitrogen and oxygen atoms in total. The van der Waals surface area contributed by atoms with E-state index >= 15 is 0 Å². The van der Waals surface area contributed by atoms with Gasteiger partial charge in [-0.05, 0) is 41.3 Å². The van der Waals surface area contributed by atoms with Crippen molar-refractivity contribution in [2.45, 2.75) is 31.3 Å². The lowest BCUT2D eigenvalue weighted by molar-refractivity contribution is 0.563. The van der Waals surface area contributed by atoms with Crippen molar-refractivity contribution in [3.63, 3.8) is 0 Å². The molecule has 2 unspecified atom stereocenters. The SMILES string of the molecule is Clc1cc(Br)cnc1N1CCC2CCC(C1)N2. The van der Waals surface area contributed by atoms with Crippen LogP contribution >= 0.6 is 27.5 Å². The van der Waals surface area contributed by atoms with Crippen molar-refractivity contribution in [2.75, 3.05) is 18.0 Å². The maximum Gasteiger partial charge on any atom is 0.147 e. The van der Waals surface area contributed by atoms with Gasteiger partial charge in [0, 0.05) is 35.8 Å². The van der Waals surface area contributed by atoms with Gasteiger partial charge in [-0.25, -0.2) is 4.98 Å². The van der Waals surface area contributed by atoms with Crippen LogP contribution in [0.2, 0.25) is 5.02 Å². The molecule has 0 aliphatic carbocycles. The van der Waals surface area contributed by atoms with Crippen LogP contribution < -0.4 is 10.2 Å². The van der Waals surface area contributed by atoms with Crippen LogP contribution in [0, 0.1) is 0 Å². The van der Waals surface area contributed by atoms with Crippen LogP contribution in [0.4, 0.5) is 5.82 Å². The highest BCUT2D eigenvalue weighted by molar-refractivity contribution is 9.10. The number of nitrogens with zero attached hydrogens (tertiary/aromatic N) is 2. The zero-order valence-corrected chi connectivity index (χ0v) is 11.8. The molecule has 3 heterocycles. The van der Waals surface area contributed by atoms with Gasteiger partial charge in [0.2, 0.25) is 0 Å². The Morgan fingerprint density at radius 2 is 2.18 bits per heavy atom. The average molecular weight is 317 g/mol. The average Bonchev–Trinajstić information content (AvgIpc) is 2.60. The minimum atomic E-state index is 0.601. The van der Waals surface area contributed by atoms with Gasteiger partial charge < -0.3 is 10.2 Å². The standard InChI is InChI=1S/C12H15BrClN3/c13-8-5-11(14)12(15-6-8)17-4-3-9-1-2-10(7-17)16-9/h5-6,9-10,16H,1-4,7H2. The smallest absolute Gasteiger partial charge is 0.147 e. The molecule has 92 valence electrons. The highest BCUT2D eigenvalue weighted by Crippen LogP contribution is 2.29.